The van der Waals surface area contributed by atoms with Crippen LogP contribution in [0.3, 0.4) is 0 Å². The number of para-hydroxylation sites is 2. The van der Waals surface area contributed by atoms with Crippen molar-refractivity contribution in [3.8, 4) is 22.3 Å². The number of hydrogen-bond acceptors (Lipinski definition) is 0. The summed E-state index contributed by atoms with van der Waals surface area (Å²) >= 11 is 0. The molecule has 2 aliphatic rings. The van der Waals surface area contributed by atoms with Crippen LogP contribution in [-0.2, 0) is 12.8 Å². The average Bonchev–Trinajstić information content (AvgIpc) is 3.95. The normalized spacial score (nSPS) is 13.9. The molecule has 11 aromatic rings. The van der Waals surface area contributed by atoms with Crippen LogP contribution in [0.5, 0.6) is 0 Å². The van der Waals surface area contributed by atoms with Gasteiger partial charge in [-0.2, -0.15) is 0 Å². The van der Waals surface area contributed by atoms with Crippen molar-refractivity contribution in [1.29, 1.82) is 0 Å². The molecule has 0 aliphatic heterocycles. The highest BCUT2D eigenvalue weighted by Gasteiger charge is 2.32. The van der Waals surface area contributed by atoms with Gasteiger partial charge in [0.05, 0.1) is 33.1 Å². The van der Waals surface area contributed by atoms with E-state index >= 15 is 0 Å². The first-order chi connectivity index (χ1) is 23.7. The highest BCUT2D eigenvalue weighted by molar-refractivity contribution is 6.33. The van der Waals surface area contributed by atoms with Crippen LogP contribution in [0, 0.1) is 13.8 Å². The topological polar surface area (TPSA) is 8.82 Å². The first-order valence-electron chi connectivity index (χ1n) is 17.2. The highest BCUT2D eigenvalue weighted by atomic mass is 14.9. The van der Waals surface area contributed by atoms with E-state index < -0.39 is 0 Å². The van der Waals surface area contributed by atoms with Crippen molar-refractivity contribution in [2.75, 3.05) is 0 Å². The Morgan fingerprint density at radius 2 is 0.833 bits per heavy atom. The lowest BCUT2D eigenvalue weighted by Gasteiger charge is -2.11. The molecule has 2 nitrogen and oxygen atoms in total. The molecule has 0 radical (unpaired) electrons. The van der Waals surface area contributed by atoms with Crippen LogP contribution in [0.4, 0.5) is 0 Å². The lowest BCUT2D eigenvalue weighted by Crippen LogP contribution is -1.91. The van der Waals surface area contributed by atoms with E-state index in [0.717, 1.165) is 12.8 Å². The van der Waals surface area contributed by atoms with Crippen LogP contribution < -0.4 is 0 Å². The van der Waals surface area contributed by atoms with E-state index in [2.05, 4.69) is 132 Å². The molecule has 0 unspecified atom stereocenters. The Labute approximate surface area is 275 Å². The van der Waals surface area contributed by atoms with Crippen molar-refractivity contribution in [2.45, 2.75) is 26.7 Å². The van der Waals surface area contributed by atoms with Gasteiger partial charge in [0.15, 0.2) is 0 Å². The SMILES string of the molecule is Cc1c2c3cc4c(c5c6ccccc6n(c2c(C)c2c1c1cc6c(c7c8ccccc8n2c17)Cc1ccccc1-6)c35)Cc1ccccc1-4. The van der Waals surface area contributed by atoms with E-state index in [4.69, 9.17) is 0 Å². The second-order valence-electron chi connectivity index (χ2n) is 14.4. The Balaban J connectivity index is 1.32. The lowest BCUT2D eigenvalue weighted by molar-refractivity contribution is 1.28. The largest absolute Gasteiger partial charge is 0.308 e. The van der Waals surface area contributed by atoms with Crippen LogP contribution in [0.2, 0.25) is 0 Å². The van der Waals surface area contributed by atoms with E-state index in [1.165, 1.54) is 132 Å². The number of nitrogens with zero attached hydrogens (tertiary/aromatic N) is 2. The van der Waals surface area contributed by atoms with Gasteiger partial charge in [-0.25, -0.2) is 0 Å². The molecule has 2 heteroatoms. The lowest BCUT2D eigenvalue weighted by atomic mass is 9.92. The van der Waals surface area contributed by atoms with Gasteiger partial charge in [-0.1, -0.05) is 84.9 Å². The maximum atomic E-state index is 2.63. The van der Waals surface area contributed by atoms with Gasteiger partial charge >= 0.3 is 0 Å². The summed E-state index contributed by atoms with van der Waals surface area (Å²) < 4.78 is 5.26. The third-order valence-electron chi connectivity index (χ3n) is 12.4. The van der Waals surface area contributed by atoms with Gasteiger partial charge in [0, 0.05) is 43.1 Å². The van der Waals surface area contributed by atoms with Gasteiger partial charge < -0.3 is 8.80 Å². The Bertz CT molecular complexity index is 3070. The number of benzene rings is 7. The summed E-state index contributed by atoms with van der Waals surface area (Å²) in [5, 5.41) is 11.2. The Morgan fingerprint density at radius 3 is 1.33 bits per heavy atom. The monoisotopic (exact) mass is 608 g/mol. The van der Waals surface area contributed by atoms with E-state index in [9.17, 15) is 0 Å². The van der Waals surface area contributed by atoms with Crippen molar-refractivity contribution in [2.24, 2.45) is 0 Å². The van der Waals surface area contributed by atoms with Gasteiger partial charge in [0.25, 0.3) is 0 Å². The molecule has 0 fully saturated rings. The molecule has 0 atom stereocenters. The molecule has 0 spiro atoms. The summed E-state index contributed by atoms with van der Waals surface area (Å²) in [7, 11) is 0. The minimum absolute atomic E-state index is 0.994. The van der Waals surface area contributed by atoms with Crippen molar-refractivity contribution in [1.82, 2.24) is 8.80 Å². The van der Waals surface area contributed by atoms with Gasteiger partial charge in [-0.15, -0.1) is 0 Å². The quantitative estimate of drug-likeness (QED) is 0.162. The molecule has 222 valence electrons. The molecule has 13 rings (SSSR count). The summed E-state index contributed by atoms with van der Waals surface area (Å²) in [5.74, 6) is 0. The fourth-order valence-corrected chi connectivity index (χ4v) is 10.6. The maximum Gasteiger partial charge on any atom is 0.0624 e. The van der Waals surface area contributed by atoms with Crippen LogP contribution in [-0.4, -0.2) is 8.80 Å². The van der Waals surface area contributed by atoms with Gasteiger partial charge in [-0.05, 0) is 107 Å². The van der Waals surface area contributed by atoms with Crippen molar-refractivity contribution < 1.29 is 0 Å². The molecule has 4 aromatic heterocycles. The maximum absolute atomic E-state index is 2.63. The summed E-state index contributed by atoms with van der Waals surface area (Å²) in [4.78, 5) is 0. The molecule has 0 N–H and O–H groups in total. The van der Waals surface area contributed by atoms with E-state index in [-0.39, 0.29) is 0 Å². The molecular weight excluding hydrogens is 581 g/mol. The zero-order chi connectivity index (χ0) is 31.2. The second kappa shape index (κ2) is 7.81. The number of rotatable bonds is 0. The van der Waals surface area contributed by atoms with Crippen LogP contribution in [0.15, 0.2) is 109 Å². The molecule has 0 bridgehead atoms. The molecule has 0 saturated carbocycles. The number of aryl methyl sites for hydroxylation is 2. The van der Waals surface area contributed by atoms with E-state index in [0.29, 0.717) is 0 Å². The zero-order valence-electron chi connectivity index (χ0n) is 26.7. The van der Waals surface area contributed by atoms with Crippen molar-refractivity contribution in [3.05, 3.63) is 143 Å². The van der Waals surface area contributed by atoms with Gasteiger partial charge in [0.1, 0.15) is 0 Å². The van der Waals surface area contributed by atoms with E-state index in [1.54, 1.807) is 0 Å². The Kier molecular flexibility index (Phi) is 3.96. The summed E-state index contributed by atoms with van der Waals surface area (Å²) in [6.07, 6.45) is 1.99. The highest BCUT2D eigenvalue weighted by Crippen LogP contribution is 2.54. The number of fused-ring (bicyclic) bond motifs is 20. The molecule has 4 heterocycles. The van der Waals surface area contributed by atoms with Crippen molar-refractivity contribution in [3.63, 3.8) is 0 Å². The predicted octanol–water partition coefficient (Wildman–Crippen LogP) is 11.7. The summed E-state index contributed by atoms with van der Waals surface area (Å²) in [6.45, 7) is 4.79. The van der Waals surface area contributed by atoms with Gasteiger partial charge in [-0.3, -0.25) is 0 Å². The smallest absolute Gasteiger partial charge is 0.0624 e. The van der Waals surface area contributed by atoms with Crippen molar-refractivity contribution >= 4 is 76.2 Å². The molecule has 0 saturated heterocycles. The van der Waals surface area contributed by atoms with Gasteiger partial charge in [0.2, 0.25) is 0 Å². The average molecular weight is 609 g/mol. The predicted molar refractivity (Wildman–Crippen MR) is 202 cm³/mol. The molecule has 2 aliphatic carbocycles. The Morgan fingerprint density at radius 1 is 0.396 bits per heavy atom. The standard InChI is InChI=1S/C46H28N2/c1-23-39-35-21-31-27-13-5-3-11-25(27)19-33(31)41-29-15-7-9-17-37(29)47(45(35)41)43(39)24(2)44-40(23)36-22-32-28-14-6-4-12-26(28)20-34(32)42-30-16-8-10-18-38(30)48(44)46(36)42/h3-18,21-22H,19-20H2,1-2H3. The minimum Gasteiger partial charge on any atom is -0.308 e. The fourth-order valence-electron chi connectivity index (χ4n) is 10.6. The van der Waals surface area contributed by atoms with Crippen LogP contribution >= 0.6 is 0 Å². The zero-order valence-corrected chi connectivity index (χ0v) is 26.7. The summed E-state index contributed by atoms with van der Waals surface area (Å²) in [6, 6.07) is 41.4. The Hall–Kier alpha value is -5.86. The third-order valence-corrected chi connectivity index (χ3v) is 12.4. The molecule has 0 amide bonds. The fraction of sp³-hybridized carbons (Fsp3) is 0.0870. The first-order valence-corrected chi connectivity index (χ1v) is 17.2. The number of aromatic nitrogens is 2. The first kappa shape index (κ1) is 24.3. The summed E-state index contributed by atoms with van der Waals surface area (Å²) in [5.41, 5.74) is 22.4. The minimum atomic E-state index is 0.994. The second-order valence-corrected chi connectivity index (χ2v) is 14.4. The van der Waals surface area contributed by atoms with Crippen LogP contribution in [0.1, 0.15) is 33.4 Å². The van der Waals surface area contributed by atoms with Crippen LogP contribution in [0.25, 0.3) is 98.4 Å². The third kappa shape index (κ3) is 2.46. The number of hydrogen-bond donors (Lipinski definition) is 0. The molecule has 7 aromatic carbocycles. The molecule has 48 heavy (non-hydrogen) atoms. The molecular formula is C46H28N2. The van der Waals surface area contributed by atoms with E-state index in [1.807, 2.05) is 0 Å².